The Morgan fingerprint density at radius 2 is 1.03 bits per heavy atom. The number of fused-ring (bicyclic) bond motifs is 2. The van der Waals surface area contributed by atoms with Gasteiger partial charge in [0.05, 0.1) is 0 Å². The maximum Gasteiger partial charge on any atom is 0.135 e. The molecular formula is C32H32O2Si. The topological polar surface area (TPSA) is 26.3 Å². The van der Waals surface area contributed by atoms with Crippen molar-refractivity contribution in [2.45, 2.75) is 40.8 Å². The highest BCUT2D eigenvalue weighted by Gasteiger charge is 2.44. The fraction of sp³-hybridized carbons (Fsp3) is 0.250. The van der Waals surface area contributed by atoms with Crippen molar-refractivity contribution in [3.05, 3.63) is 106 Å². The largest absolute Gasteiger partial charge is 0.456 e. The van der Waals surface area contributed by atoms with Crippen LogP contribution < -0.4 is 0 Å². The van der Waals surface area contributed by atoms with Gasteiger partial charge in [-0.1, -0.05) is 97.0 Å². The van der Waals surface area contributed by atoms with Crippen molar-refractivity contribution in [2.24, 2.45) is 11.8 Å². The van der Waals surface area contributed by atoms with Crippen LogP contribution in [-0.2, 0) is 0 Å². The van der Waals surface area contributed by atoms with Gasteiger partial charge in [-0.05, 0) is 49.9 Å². The number of rotatable bonds is 4. The lowest BCUT2D eigenvalue weighted by Gasteiger charge is -2.35. The second kappa shape index (κ2) is 7.86. The van der Waals surface area contributed by atoms with Crippen LogP contribution in [-0.4, -0.2) is 8.07 Å². The Kier molecular flexibility index (Phi) is 4.98. The van der Waals surface area contributed by atoms with Crippen LogP contribution in [0.25, 0.3) is 33.1 Å². The lowest BCUT2D eigenvalue weighted by Crippen LogP contribution is -2.38. The highest BCUT2D eigenvalue weighted by Crippen LogP contribution is 2.51. The lowest BCUT2D eigenvalue weighted by molar-refractivity contribution is 0.600. The van der Waals surface area contributed by atoms with Gasteiger partial charge in [0.15, 0.2) is 0 Å². The zero-order valence-electron chi connectivity index (χ0n) is 21.4. The molecule has 0 aliphatic heterocycles. The Bertz CT molecular complexity index is 1430. The van der Waals surface area contributed by atoms with Gasteiger partial charge in [-0.2, -0.15) is 0 Å². The quantitative estimate of drug-likeness (QED) is 0.274. The van der Waals surface area contributed by atoms with Crippen molar-refractivity contribution < 1.29 is 8.83 Å². The van der Waals surface area contributed by atoms with Crippen LogP contribution in [0.2, 0.25) is 13.1 Å². The third-order valence-corrected chi connectivity index (χ3v) is 12.4. The molecule has 2 atom stereocenters. The Morgan fingerprint density at radius 3 is 1.43 bits per heavy atom. The fourth-order valence-corrected chi connectivity index (χ4v) is 11.0. The number of furan rings is 2. The molecule has 0 spiro atoms. The third kappa shape index (κ3) is 3.36. The zero-order chi connectivity index (χ0) is 24.5. The van der Waals surface area contributed by atoms with Crippen molar-refractivity contribution in [3.8, 4) is 0 Å². The molecule has 35 heavy (non-hydrogen) atoms. The van der Waals surface area contributed by atoms with Gasteiger partial charge >= 0.3 is 0 Å². The van der Waals surface area contributed by atoms with E-state index in [1.165, 1.54) is 22.3 Å². The molecule has 2 heterocycles. The summed E-state index contributed by atoms with van der Waals surface area (Å²) in [4.78, 5) is 0. The van der Waals surface area contributed by atoms with Crippen LogP contribution in [0.4, 0.5) is 0 Å². The molecule has 2 aliphatic carbocycles. The summed E-state index contributed by atoms with van der Waals surface area (Å²) in [6, 6.07) is 21.1. The first-order valence-corrected chi connectivity index (χ1v) is 15.6. The summed E-state index contributed by atoms with van der Waals surface area (Å²) in [5, 5.41) is 5.45. The molecule has 0 bridgehead atoms. The van der Waals surface area contributed by atoms with Gasteiger partial charge < -0.3 is 8.83 Å². The van der Waals surface area contributed by atoms with Gasteiger partial charge in [-0.3, -0.25) is 0 Å². The molecule has 6 rings (SSSR count). The second-order valence-corrected chi connectivity index (χ2v) is 15.1. The average Bonchev–Trinajstić information content (AvgIpc) is 3.58. The molecule has 0 saturated carbocycles. The summed E-state index contributed by atoms with van der Waals surface area (Å²) >= 11 is 0. The molecule has 176 valence electrons. The fourth-order valence-electron chi connectivity index (χ4n) is 6.32. The van der Waals surface area contributed by atoms with Crippen LogP contribution >= 0.6 is 0 Å². The molecule has 2 aliphatic rings. The Balaban J connectivity index is 1.56. The summed E-state index contributed by atoms with van der Waals surface area (Å²) in [6.07, 6.45) is 4.74. The van der Waals surface area contributed by atoms with Gasteiger partial charge in [0, 0.05) is 21.9 Å². The van der Waals surface area contributed by atoms with Crippen LogP contribution in [0, 0.1) is 11.8 Å². The minimum absolute atomic E-state index is 0.400. The molecule has 0 radical (unpaired) electrons. The van der Waals surface area contributed by atoms with Crippen molar-refractivity contribution in [1.29, 1.82) is 0 Å². The van der Waals surface area contributed by atoms with Crippen LogP contribution in [0.1, 0.15) is 39.2 Å². The summed E-state index contributed by atoms with van der Waals surface area (Å²) in [6.45, 7) is 14.3. The first-order chi connectivity index (χ1) is 16.8. The van der Waals surface area contributed by atoms with E-state index in [9.17, 15) is 0 Å². The number of hydrogen-bond acceptors (Lipinski definition) is 2. The molecule has 0 amide bonds. The Hall–Kier alpha value is -3.30. The van der Waals surface area contributed by atoms with E-state index < -0.39 is 8.07 Å². The predicted molar refractivity (Wildman–Crippen MR) is 150 cm³/mol. The van der Waals surface area contributed by atoms with E-state index >= 15 is 0 Å². The molecule has 2 nitrogen and oxygen atoms in total. The number of para-hydroxylation sites is 2. The molecule has 4 aromatic rings. The standard InChI is InChI=1S/C32H32O2Si/c1-19-15-25(29-17-23-11-7-9-13-27(23)33-29)31(21(19)3)35(5,6)32-22(4)20(2)16-26(32)30-18-24-12-8-10-14-28(24)34-30/h7-18,21-22H,1-6H3. The average molecular weight is 477 g/mol. The van der Waals surface area contributed by atoms with Crippen LogP contribution in [0.3, 0.4) is 0 Å². The van der Waals surface area contributed by atoms with Crippen molar-refractivity contribution >= 4 is 41.2 Å². The van der Waals surface area contributed by atoms with E-state index in [2.05, 4.69) is 101 Å². The van der Waals surface area contributed by atoms with Gasteiger partial charge in [0.25, 0.3) is 0 Å². The van der Waals surface area contributed by atoms with Gasteiger partial charge in [0.1, 0.15) is 30.8 Å². The molecule has 2 unspecified atom stereocenters. The normalized spacial score (nSPS) is 21.0. The molecular weight excluding hydrogens is 444 g/mol. The van der Waals surface area contributed by atoms with E-state index in [1.54, 1.807) is 10.4 Å². The highest BCUT2D eigenvalue weighted by atomic mass is 28.3. The first kappa shape index (κ1) is 22.2. The summed E-state index contributed by atoms with van der Waals surface area (Å²) in [5.74, 6) is 2.79. The summed E-state index contributed by atoms with van der Waals surface area (Å²) < 4.78 is 12.8. The molecule has 0 fully saturated rings. The van der Waals surface area contributed by atoms with Gasteiger partial charge in [0.2, 0.25) is 0 Å². The summed E-state index contributed by atoms with van der Waals surface area (Å²) in [7, 11) is -2.10. The third-order valence-electron chi connectivity index (χ3n) is 8.29. The number of benzene rings is 2. The number of allylic oxidation sites excluding steroid dienone is 8. The van der Waals surface area contributed by atoms with Crippen LogP contribution in [0.5, 0.6) is 0 Å². The second-order valence-electron chi connectivity index (χ2n) is 10.8. The van der Waals surface area contributed by atoms with Crippen molar-refractivity contribution in [2.75, 3.05) is 0 Å². The molecule has 3 heteroatoms. The van der Waals surface area contributed by atoms with Crippen molar-refractivity contribution in [3.63, 3.8) is 0 Å². The van der Waals surface area contributed by atoms with E-state index in [1.807, 2.05) is 12.1 Å². The molecule has 2 aromatic carbocycles. The minimum Gasteiger partial charge on any atom is -0.456 e. The van der Waals surface area contributed by atoms with E-state index in [0.717, 1.165) is 33.5 Å². The predicted octanol–water partition coefficient (Wildman–Crippen LogP) is 9.37. The van der Waals surface area contributed by atoms with Crippen molar-refractivity contribution in [1.82, 2.24) is 0 Å². The van der Waals surface area contributed by atoms with E-state index in [-0.39, 0.29) is 0 Å². The Labute approximate surface area is 208 Å². The van der Waals surface area contributed by atoms with Gasteiger partial charge in [-0.15, -0.1) is 0 Å². The van der Waals surface area contributed by atoms with E-state index in [0.29, 0.717) is 11.8 Å². The monoisotopic (exact) mass is 476 g/mol. The summed E-state index contributed by atoms with van der Waals surface area (Å²) in [5.41, 5.74) is 7.31. The SMILES string of the molecule is CC1=CC(c2cc3ccccc3o2)=C([Si](C)(C)C2=C(c3cc4ccccc4o3)C=C(C)C2C)C1C. The molecule has 0 N–H and O–H groups in total. The highest BCUT2D eigenvalue weighted by molar-refractivity contribution is 6.92. The lowest BCUT2D eigenvalue weighted by atomic mass is 10.1. The maximum atomic E-state index is 6.41. The zero-order valence-corrected chi connectivity index (χ0v) is 22.4. The van der Waals surface area contributed by atoms with E-state index in [4.69, 9.17) is 8.83 Å². The first-order valence-electron chi connectivity index (χ1n) is 12.6. The van der Waals surface area contributed by atoms with Crippen LogP contribution in [0.15, 0.2) is 103 Å². The number of hydrogen-bond donors (Lipinski definition) is 0. The molecule has 2 aromatic heterocycles. The minimum atomic E-state index is -2.10. The van der Waals surface area contributed by atoms with Gasteiger partial charge in [-0.25, -0.2) is 0 Å². The maximum absolute atomic E-state index is 6.41. The smallest absolute Gasteiger partial charge is 0.135 e. The molecule has 0 saturated heterocycles. The Morgan fingerprint density at radius 1 is 0.629 bits per heavy atom.